The van der Waals surface area contributed by atoms with Crippen molar-refractivity contribution < 1.29 is 4.74 Å². The topological polar surface area (TPSA) is 24.5 Å². The lowest BCUT2D eigenvalue weighted by atomic mass is 9.91. The molecule has 0 aliphatic carbocycles. The molecule has 3 rings (SSSR count). The molecule has 1 aromatic carbocycles. The molecular weight excluding hydrogens is 296 g/mol. The number of benzene rings is 1. The first-order valence-electron chi connectivity index (χ1n) is 9.80. The molecular formula is C21H34N2O. The summed E-state index contributed by atoms with van der Waals surface area (Å²) in [5.74, 6) is 1.83. The van der Waals surface area contributed by atoms with Crippen LogP contribution in [0.3, 0.4) is 0 Å². The molecule has 3 heteroatoms. The van der Waals surface area contributed by atoms with Crippen molar-refractivity contribution >= 4 is 0 Å². The molecule has 0 saturated carbocycles. The van der Waals surface area contributed by atoms with Crippen LogP contribution >= 0.6 is 0 Å². The molecule has 0 radical (unpaired) electrons. The molecule has 2 aliphatic heterocycles. The van der Waals surface area contributed by atoms with Crippen LogP contribution in [0.25, 0.3) is 0 Å². The summed E-state index contributed by atoms with van der Waals surface area (Å²) in [5.41, 5.74) is 2.93. The molecule has 24 heavy (non-hydrogen) atoms. The summed E-state index contributed by atoms with van der Waals surface area (Å²) >= 11 is 0. The van der Waals surface area contributed by atoms with E-state index in [1.165, 1.54) is 43.4 Å². The van der Waals surface area contributed by atoms with Gasteiger partial charge in [0.2, 0.25) is 0 Å². The average Bonchev–Trinajstić information content (AvgIpc) is 2.98. The maximum atomic E-state index is 6.03. The van der Waals surface area contributed by atoms with E-state index in [0.717, 1.165) is 37.7 Å². The van der Waals surface area contributed by atoms with Gasteiger partial charge in [0, 0.05) is 18.6 Å². The van der Waals surface area contributed by atoms with Crippen molar-refractivity contribution in [3.63, 3.8) is 0 Å². The van der Waals surface area contributed by atoms with Crippen LogP contribution in [0.1, 0.15) is 57.1 Å². The number of likely N-dealkylation sites (tertiary alicyclic amines) is 1. The minimum absolute atomic E-state index is 0.643. The van der Waals surface area contributed by atoms with Crippen LogP contribution in [0.15, 0.2) is 18.2 Å². The quantitative estimate of drug-likeness (QED) is 0.818. The number of nitrogens with zero attached hydrogens (tertiary/aromatic N) is 1. The third-order valence-electron chi connectivity index (χ3n) is 5.71. The zero-order valence-corrected chi connectivity index (χ0v) is 15.7. The Morgan fingerprint density at radius 1 is 1.25 bits per heavy atom. The molecule has 2 unspecified atom stereocenters. The molecule has 0 bridgehead atoms. The van der Waals surface area contributed by atoms with Crippen LogP contribution in [0, 0.1) is 5.92 Å². The minimum atomic E-state index is 0.643. The van der Waals surface area contributed by atoms with E-state index in [-0.39, 0.29) is 0 Å². The fraction of sp³-hybridized carbons (Fsp3) is 0.714. The Labute approximate surface area is 147 Å². The molecule has 0 amide bonds. The van der Waals surface area contributed by atoms with Gasteiger partial charge in [0.25, 0.3) is 0 Å². The molecule has 1 saturated heterocycles. The van der Waals surface area contributed by atoms with Gasteiger partial charge in [-0.25, -0.2) is 0 Å². The Morgan fingerprint density at radius 2 is 2.12 bits per heavy atom. The summed E-state index contributed by atoms with van der Waals surface area (Å²) in [6.45, 7) is 7.68. The monoisotopic (exact) mass is 330 g/mol. The van der Waals surface area contributed by atoms with Gasteiger partial charge >= 0.3 is 0 Å². The highest BCUT2D eigenvalue weighted by Gasteiger charge is 2.21. The molecule has 1 fully saturated rings. The molecule has 2 heterocycles. The van der Waals surface area contributed by atoms with Crippen LogP contribution in [0.5, 0.6) is 5.75 Å². The van der Waals surface area contributed by atoms with E-state index in [2.05, 4.69) is 49.3 Å². The van der Waals surface area contributed by atoms with Crippen LogP contribution in [0.4, 0.5) is 0 Å². The third kappa shape index (κ3) is 4.73. The predicted molar refractivity (Wildman–Crippen MR) is 101 cm³/mol. The largest absolute Gasteiger partial charge is 0.494 e. The van der Waals surface area contributed by atoms with Crippen molar-refractivity contribution in [2.24, 2.45) is 5.92 Å². The molecule has 0 aromatic heterocycles. The first-order valence-corrected chi connectivity index (χ1v) is 9.80. The highest BCUT2D eigenvalue weighted by atomic mass is 16.5. The Kier molecular flexibility index (Phi) is 6.18. The van der Waals surface area contributed by atoms with E-state index in [9.17, 15) is 0 Å². The number of ether oxygens (including phenoxy) is 1. The summed E-state index contributed by atoms with van der Waals surface area (Å²) < 4.78 is 6.03. The molecule has 134 valence electrons. The van der Waals surface area contributed by atoms with Gasteiger partial charge in [-0.05, 0) is 81.3 Å². The first kappa shape index (κ1) is 17.8. The normalized spacial score (nSPS) is 24.3. The lowest BCUT2D eigenvalue weighted by Crippen LogP contribution is -2.35. The van der Waals surface area contributed by atoms with E-state index in [0.29, 0.717) is 12.1 Å². The summed E-state index contributed by atoms with van der Waals surface area (Å²) in [4.78, 5) is 2.47. The third-order valence-corrected chi connectivity index (χ3v) is 5.71. The summed E-state index contributed by atoms with van der Waals surface area (Å²) in [7, 11) is 2.23. The molecule has 3 nitrogen and oxygen atoms in total. The molecule has 1 N–H and O–H groups in total. The van der Waals surface area contributed by atoms with E-state index in [4.69, 9.17) is 4.74 Å². The second kappa shape index (κ2) is 8.35. The van der Waals surface area contributed by atoms with Gasteiger partial charge in [-0.15, -0.1) is 0 Å². The number of nitrogens with one attached hydrogen (secondary N) is 1. The second-order valence-electron chi connectivity index (χ2n) is 8.10. The summed E-state index contributed by atoms with van der Waals surface area (Å²) in [5, 5.41) is 3.70. The highest BCUT2D eigenvalue weighted by Crippen LogP contribution is 2.25. The second-order valence-corrected chi connectivity index (χ2v) is 8.10. The maximum Gasteiger partial charge on any atom is 0.119 e. The summed E-state index contributed by atoms with van der Waals surface area (Å²) in [6.07, 6.45) is 7.56. The molecule has 0 spiro atoms. The smallest absolute Gasteiger partial charge is 0.119 e. The standard InChI is InChI=1S/C21H34N2O/c1-16(2)6-8-19-13-17-7-9-21(14-18(17)15-22-19)24-12-10-20-5-4-11-23(20)3/h7,9,14,16,19-20,22H,4-6,8,10-13,15H2,1-3H3. The number of rotatable bonds is 7. The van der Waals surface area contributed by atoms with Crippen molar-refractivity contribution in [2.75, 3.05) is 20.2 Å². The zero-order valence-electron chi connectivity index (χ0n) is 15.7. The Bertz CT molecular complexity index is 529. The minimum Gasteiger partial charge on any atom is -0.494 e. The van der Waals surface area contributed by atoms with Gasteiger partial charge in [-0.1, -0.05) is 19.9 Å². The fourth-order valence-electron chi connectivity index (χ4n) is 4.04. The first-order chi connectivity index (χ1) is 11.6. The van der Waals surface area contributed by atoms with Crippen LogP contribution in [-0.2, 0) is 13.0 Å². The Balaban J connectivity index is 1.48. The Morgan fingerprint density at radius 3 is 2.88 bits per heavy atom. The maximum absolute atomic E-state index is 6.03. The van der Waals surface area contributed by atoms with Gasteiger partial charge in [0.1, 0.15) is 5.75 Å². The van der Waals surface area contributed by atoms with E-state index >= 15 is 0 Å². The number of hydrogen-bond donors (Lipinski definition) is 1. The van der Waals surface area contributed by atoms with E-state index in [1.807, 2.05) is 0 Å². The lowest BCUT2D eigenvalue weighted by molar-refractivity contribution is 0.233. The molecule has 1 aromatic rings. The number of fused-ring (bicyclic) bond motifs is 1. The van der Waals surface area contributed by atoms with Gasteiger partial charge < -0.3 is 15.0 Å². The van der Waals surface area contributed by atoms with E-state index < -0.39 is 0 Å². The van der Waals surface area contributed by atoms with Crippen LogP contribution in [-0.4, -0.2) is 37.2 Å². The van der Waals surface area contributed by atoms with Crippen molar-refractivity contribution in [1.82, 2.24) is 10.2 Å². The molecule has 2 aliphatic rings. The van der Waals surface area contributed by atoms with Gasteiger partial charge in [-0.3, -0.25) is 0 Å². The highest BCUT2D eigenvalue weighted by molar-refractivity contribution is 5.37. The SMILES string of the molecule is CC(C)CCC1Cc2ccc(OCCC3CCCN3C)cc2CN1. The zero-order chi connectivity index (χ0) is 16.9. The number of hydrogen-bond acceptors (Lipinski definition) is 3. The summed E-state index contributed by atoms with van der Waals surface area (Å²) in [6, 6.07) is 8.06. The van der Waals surface area contributed by atoms with Crippen LogP contribution < -0.4 is 10.1 Å². The lowest BCUT2D eigenvalue weighted by Gasteiger charge is -2.27. The van der Waals surface area contributed by atoms with Gasteiger partial charge in [0.05, 0.1) is 6.61 Å². The Hall–Kier alpha value is -1.06. The van der Waals surface area contributed by atoms with Gasteiger partial charge in [-0.2, -0.15) is 0 Å². The van der Waals surface area contributed by atoms with Crippen molar-refractivity contribution in [1.29, 1.82) is 0 Å². The average molecular weight is 331 g/mol. The molecule has 2 atom stereocenters. The predicted octanol–water partition coefficient (Wildman–Crippen LogP) is 4.00. The van der Waals surface area contributed by atoms with Crippen molar-refractivity contribution in [2.45, 2.75) is 71.0 Å². The fourth-order valence-corrected chi connectivity index (χ4v) is 4.04. The van der Waals surface area contributed by atoms with Crippen molar-refractivity contribution in [3.8, 4) is 5.75 Å². The van der Waals surface area contributed by atoms with Crippen LogP contribution in [0.2, 0.25) is 0 Å². The van der Waals surface area contributed by atoms with Gasteiger partial charge in [0.15, 0.2) is 0 Å². The van der Waals surface area contributed by atoms with Crippen molar-refractivity contribution in [3.05, 3.63) is 29.3 Å². The van der Waals surface area contributed by atoms with E-state index in [1.54, 1.807) is 0 Å².